The monoisotopic (exact) mass is 221 g/mol. The molecule has 0 saturated heterocycles. The SMILES string of the molecule is CC(C)(CNC1CC1)Cc1ccccc1F. The topological polar surface area (TPSA) is 12.0 Å². The molecule has 0 unspecified atom stereocenters. The van der Waals surface area contributed by atoms with Crippen molar-refractivity contribution in [1.29, 1.82) is 0 Å². The molecule has 0 aliphatic heterocycles. The molecule has 1 aromatic rings. The number of hydrogen-bond donors (Lipinski definition) is 1. The van der Waals surface area contributed by atoms with E-state index in [0.29, 0.717) is 0 Å². The van der Waals surface area contributed by atoms with Crippen LogP contribution in [0.2, 0.25) is 0 Å². The van der Waals surface area contributed by atoms with E-state index in [0.717, 1.165) is 24.6 Å². The van der Waals surface area contributed by atoms with Gasteiger partial charge in [-0.05, 0) is 36.3 Å². The van der Waals surface area contributed by atoms with Crippen LogP contribution in [-0.4, -0.2) is 12.6 Å². The van der Waals surface area contributed by atoms with Gasteiger partial charge in [0.25, 0.3) is 0 Å². The van der Waals surface area contributed by atoms with Gasteiger partial charge in [0.1, 0.15) is 5.82 Å². The fraction of sp³-hybridized carbons (Fsp3) is 0.571. The third kappa shape index (κ3) is 3.31. The molecule has 1 aliphatic carbocycles. The molecule has 2 heteroatoms. The van der Waals surface area contributed by atoms with Crippen LogP contribution < -0.4 is 5.32 Å². The van der Waals surface area contributed by atoms with E-state index >= 15 is 0 Å². The van der Waals surface area contributed by atoms with Crippen molar-refractivity contribution in [3.63, 3.8) is 0 Å². The normalized spacial score (nSPS) is 16.4. The lowest BCUT2D eigenvalue weighted by molar-refractivity contribution is 0.332. The number of halogens is 1. The second-order valence-electron chi connectivity index (χ2n) is 5.59. The summed E-state index contributed by atoms with van der Waals surface area (Å²) in [5.74, 6) is -0.0815. The van der Waals surface area contributed by atoms with E-state index in [4.69, 9.17) is 0 Å². The van der Waals surface area contributed by atoms with E-state index in [1.54, 1.807) is 12.1 Å². The van der Waals surface area contributed by atoms with Crippen LogP contribution in [0.25, 0.3) is 0 Å². The molecular formula is C14H20FN. The van der Waals surface area contributed by atoms with E-state index < -0.39 is 0 Å². The number of nitrogens with one attached hydrogen (secondary N) is 1. The minimum absolute atomic E-state index is 0.0815. The first-order chi connectivity index (χ1) is 7.57. The third-order valence-corrected chi connectivity index (χ3v) is 3.07. The van der Waals surface area contributed by atoms with Gasteiger partial charge in [0, 0.05) is 12.6 Å². The molecule has 1 aliphatic rings. The average Bonchev–Trinajstić information content (AvgIpc) is 3.02. The second-order valence-corrected chi connectivity index (χ2v) is 5.59. The zero-order valence-electron chi connectivity index (χ0n) is 10.1. The van der Waals surface area contributed by atoms with Crippen LogP contribution in [0.15, 0.2) is 24.3 Å². The Bertz CT molecular complexity index is 356. The summed E-state index contributed by atoms with van der Waals surface area (Å²) in [4.78, 5) is 0. The maximum atomic E-state index is 13.5. The van der Waals surface area contributed by atoms with Crippen molar-refractivity contribution < 1.29 is 4.39 Å². The fourth-order valence-corrected chi connectivity index (χ4v) is 1.93. The zero-order valence-corrected chi connectivity index (χ0v) is 10.1. The average molecular weight is 221 g/mol. The number of hydrogen-bond acceptors (Lipinski definition) is 1. The highest BCUT2D eigenvalue weighted by molar-refractivity contribution is 5.18. The van der Waals surface area contributed by atoms with Crippen molar-refractivity contribution in [2.45, 2.75) is 39.2 Å². The maximum absolute atomic E-state index is 13.5. The Labute approximate surface area is 97.1 Å². The lowest BCUT2D eigenvalue weighted by atomic mass is 9.85. The Morgan fingerprint density at radius 3 is 2.62 bits per heavy atom. The summed E-state index contributed by atoms with van der Waals surface area (Å²) < 4.78 is 13.5. The van der Waals surface area contributed by atoms with E-state index in [-0.39, 0.29) is 11.2 Å². The summed E-state index contributed by atoms with van der Waals surface area (Å²) in [5, 5.41) is 3.51. The van der Waals surface area contributed by atoms with Crippen LogP contribution in [0.3, 0.4) is 0 Å². The molecule has 16 heavy (non-hydrogen) atoms. The van der Waals surface area contributed by atoms with E-state index in [1.807, 2.05) is 12.1 Å². The van der Waals surface area contributed by atoms with Gasteiger partial charge in [0.05, 0.1) is 0 Å². The first-order valence-corrected chi connectivity index (χ1v) is 6.04. The van der Waals surface area contributed by atoms with Gasteiger partial charge < -0.3 is 5.32 Å². The second kappa shape index (κ2) is 4.54. The van der Waals surface area contributed by atoms with Crippen molar-refractivity contribution in [2.75, 3.05) is 6.54 Å². The zero-order chi connectivity index (χ0) is 11.6. The molecule has 1 fully saturated rings. The molecule has 0 radical (unpaired) electrons. The Hall–Kier alpha value is -0.890. The van der Waals surface area contributed by atoms with Gasteiger partial charge in [-0.15, -0.1) is 0 Å². The van der Waals surface area contributed by atoms with E-state index in [9.17, 15) is 4.39 Å². The van der Waals surface area contributed by atoms with Crippen LogP contribution in [0.1, 0.15) is 32.3 Å². The summed E-state index contributed by atoms with van der Waals surface area (Å²) in [7, 11) is 0. The minimum atomic E-state index is -0.0815. The predicted octanol–water partition coefficient (Wildman–Crippen LogP) is 3.15. The Kier molecular flexibility index (Phi) is 3.29. The molecule has 0 amide bonds. The van der Waals surface area contributed by atoms with Gasteiger partial charge in [-0.25, -0.2) is 4.39 Å². The van der Waals surface area contributed by atoms with Crippen molar-refractivity contribution in [3.8, 4) is 0 Å². The Morgan fingerprint density at radius 2 is 2.00 bits per heavy atom. The summed E-state index contributed by atoms with van der Waals surface area (Å²) in [5.41, 5.74) is 0.940. The first kappa shape index (κ1) is 11.6. The highest BCUT2D eigenvalue weighted by Gasteiger charge is 2.25. The van der Waals surface area contributed by atoms with Crippen LogP contribution in [0, 0.1) is 11.2 Å². The first-order valence-electron chi connectivity index (χ1n) is 6.04. The fourth-order valence-electron chi connectivity index (χ4n) is 1.93. The standard InChI is InChI=1S/C14H20FN/c1-14(2,10-16-12-7-8-12)9-11-5-3-4-6-13(11)15/h3-6,12,16H,7-10H2,1-2H3. The molecule has 0 atom stereocenters. The molecule has 0 bridgehead atoms. The molecule has 0 spiro atoms. The smallest absolute Gasteiger partial charge is 0.126 e. The quantitative estimate of drug-likeness (QED) is 0.805. The summed E-state index contributed by atoms with van der Waals surface area (Å²) in [6, 6.07) is 7.80. The van der Waals surface area contributed by atoms with Gasteiger partial charge in [-0.2, -0.15) is 0 Å². The highest BCUT2D eigenvalue weighted by Crippen LogP contribution is 2.25. The van der Waals surface area contributed by atoms with E-state index in [1.165, 1.54) is 12.8 Å². The molecule has 1 saturated carbocycles. The maximum Gasteiger partial charge on any atom is 0.126 e. The van der Waals surface area contributed by atoms with Crippen molar-refractivity contribution in [2.24, 2.45) is 5.41 Å². The lowest BCUT2D eigenvalue weighted by Crippen LogP contribution is -2.32. The summed E-state index contributed by atoms with van der Waals surface area (Å²) in [6.45, 7) is 5.34. The summed E-state index contributed by atoms with van der Waals surface area (Å²) >= 11 is 0. The molecule has 1 N–H and O–H groups in total. The molecule has 2 rings (SSSR count). The van der Waals surface area contributed by atoms with Gasteiger partial charge in [0.2, 0.25) is 0 Å². The molecule has 1 aromatic carbocycles. The van der Waals surface area contributed by atoms with Crippen LogP contribution >= 0.6 is 0 Å². The van der Waals surface area contributed by atoms with Gasteiger partial charge >= 0.3 is 0 Å². The predicted molar refractivity (Wildman–Crippen MR) is 64.9 cm³/mol. The van der Waals surface area contributed by atoms with Gasteiger partial charge in [0.15, 0.2) is 0 Å². The molecule has 0 aromatic heterocycles. The van der Waals surface area contributed by atoms with Crippen molar-refractivity contribution in [1.82, 2.24) is 5.32 Å². The Morgan fingerprint density at radius 1 is 1.31 bits per heavy atom. The van der Waals surface area contributed by atoms with Crippen molar-refractivity contribution >= 4 is 0 Å². The molecule has 88 valence electrons. The largest absolute Gasteiger partial charge is 0.313 e. The Balaban J connectivity index is 1.93. The van der Waals surface area contributed by atoms with Gasteiger partial charge in [-0.3, -0.25) is 0 Å². The molecular weight excluding hydrogens is 201 g/mol. The lowest BCUT2D eigenvalue weighted by Gasteiger charge is -2.25. The molecule has 1 nitrogen and oxygen atoms in total. The van der Waals surface area contributed by atoms with Crippen LogP contribution in [0.4, 0.5) is 4.39 Å². The summed E-state index contributed by atoms with van der Waals surface area (Å²) in [6.07, 6.45) is 3.39. The minimum Gasteiger partial charge on any atom is -0.313 e. The van der Waals surface area contributed by atoms with E-state index in [2.05, 4.69) is 19.2 Å². The number of rotatable bonds is 5. The number of benzene rings is 1. The van der Waals surface area contributed by atoms with Crippen LogP contribution in [0.5, 0.6) is 0 Å². The third-order valence-electron chi connectivity index (χ3n) is 3.07. The van der Waals surface area contributed by atoms with Crippen LogP contribution in [-0.2, 0) is 6.42 Å². The van der Waals surface area contributed by atoms with Gasteiger partial charge in [-0.1, -0.05) is 32.0 Å². The van der Waals surface area contributed by atoms with Crippen molar-refractivity contribution in [3.05, 3.63) is 35.6 Å². The highest BCUT2D eigenvalue weighted by atomic mass is 19.1. The molecule has 0 heterocycles.